The molecule has 0 bridgehead atoms. The molecule has 0 aliphatic carbocycles. The van der Waals surface area contributed by atoms with Crippen LogP contribution in [0.4, 0.5) is 0 Å². The van der Waals surface area contributed by atoms with Crippen molar-refractivity contribution in [2.45, 2.75) is 45.1 Å². The number of benzene rings is 1. The highest BCUT2D eigenvalue weighted by molar-refractivity contribution is 5.45. The van der Waals surface area contributed by atoms with E-state index in [2.05, 4.69) is 6.92 Å². The number of aliphatic hydroxyl groups excluding tert-OH is 1. The molecule has 0 spiro atoms. The third kappa shape index (κ3) is 3.13. The molecule has 1 aromatic rings. The lowest BCUT2D eigenvalue weighted by Gasteiger charge is -2.11. The molecule has 1 aliphatic heterocycles. The van der Waals surface area contributed by atoms with E-state index in [9.17, 15) is 5.11 Å². The normalized spacial score (nSPS) is 14.9. The molecule has 0 amide bonds. The second-order valence-corrected chi connectivity index (χ2v) is 4.48. The van der Waals surface area contributed by atoms with Gasteiger partial charge >= 0.3 is 0 Å². The summed E-state index contributed by atoms with van der Waals surface area (Å²) in [7, 11) is 0. The molecule has 0 saturated heterocycles. The van der Waals surface area contributed by atoms with Crippen molar-refractivity contribution in [3.8, 4) is 11.5 Å². The van der Waals surface area contributed by atoms with Gasteiger partial charge in [-0.15, -0.1) is 0 Å². The minimum Gasteiger partial charge on any atom is -0.454 e. The summed E-state index contributed by atoms with van der Waals surface area (Å²) in [5.41, 5.74) is 0.922. The number of ether oxygens (including phenoxy) is 2. The predicted molar refractivity (Wildman–Crippen MR) is 66.3 cm³/mol. The Morgan fingerprint density at radius 3 is 2.82 bits per heavy atom. The minimum atomic E-state index is -0.388. The highest BCUT2D eigenvalue weighted by Gasteiger charge is 2.16. The second kappa shape index (κ2) is 5.92. The molecule has 2 rings (SSSR count). The highest BCUT2D eigenvalue weighted by atomic mass is 16.7. The third-order valence-corrected chi connectivity index (χ3v) is 3.11. The van der Waals surface area contributed by atoms with Gasteiger partial charge in [0.25, 0.3) is 0 Å². The number of hydrogen-bond donors (Lipinski definition) is 1. The number of fused-ring (bicyclic) bond motifs is 1. The minimum absolute atomic E-state index is 0.283. The zero-order valence-corrected chi connectivity index (χ0v) is 10.3. The number of rotatable bonds is 6. The van der Waals surface area contributed by atoms with Crippen molar-refractivity contribution >= 4 is 0 Å². The smallest absolute Gasteiger partial charge is 0.231 e. The summed E-state index contributed by atoms with van der Waals surface area (Å²) in [6, 6.07) is 5.66. The van der Waals surface area contributed by atoms with E-state index in [-0.39, 0.29) is 12.9 Å². The fourth-order valence-electron chi connectivity index (χ4n) is 2.05. The Kier molecular flexibility index (Phi) is 4.26. The van der Waals surface area contributed by atoms with Crippen molar-refractivity contribution in [2.24, 2.45) is 0 Å². The molecule has 94 valence electrons. The van der Waals surface area contributed by atoms with Crippen LogP contribution in [-0.2, 0) is 0 Å². The summed E-state index contributed by atoms with van der Waals surface area (Å²) in [5.74, 6) is 1.52. The monoisotopic (exact) mass is 236 g/mol. The maximum atomic E-state index is 10.1. The largest absolute Gasteiger partial charge is 0.454 e. The van der Waals surface area contributed by atoms with Crippen LogP contribution in [0.1, 0.15) is 50.7 Å². The molecule has 0 fully saturated rings. The van der Waals surface area contributed by atoms with Gasteiger partial charge in [-0.1, -0.05) is 38.7 Å². The lowest BCUT2D eigenvalue weighted by Crippen LogP contribution is -1.97. The van der Waals surface area contributed by atoms with Crippen LogP contribution >= 0.6 is 0 Å². The molecule has 0 aromatic heterocycles. The van der Waals surface area contributed by atoms with Crippen LogP contribution in [-0.4, -0.2) is 11.9 Å². The molecule has 1 N–H and O–H groups in total. The Bertz CT molecular complexity index is 362. The molecule has 3 heteroatoms. The van der Waals surface area contributed by atoms with Crippen molar-refractivity contribution in [1.29, 1.82) is 0 Å². The van der Waals surface area contributed by atoms with E-state index in [1.165, 1.54) is 19.3 Å². The lowest BCUT2D eigenvalue weighted by atomic mass is 10.0. The van der Waals surface area contributed by atoms with Gasteiger partial charge in [0.2, 0.25) is 6.79 Å². The van der Waals surface area contributed by atoms with Crippen LogP contribution in [0.5, 0.6) is 11.5 Å². The van der Waals surface area contributed by atoms with Gasteiger partial charge in [-0.2, -0.15) is 0 Å². The standard InChI is InChI=1S/C14H20O3/c1-2-3-4-5-6-12(15)11-7-8-13-14(9-11)17-10-16-13/h7-9,12,15H,2-6,10H2,1H3. The van der Waals surface area contributed by atoms with Crippen LogP contribution < -0.4 is 9.47 Å². The quantitative estimate of drug-likeness (QED) is 0.769. The number of unbranched alkanes of at least 4 members (excludes halogenated alkanes) is 3. The Morgan fingerprint density at radius 2 is 2.00 bits per heavy atom. The second-order valence-electron chi connectivity index (χ2n) is 4.48. The molecular formula is C14H20O3. The fourth-order valence-corrected chi connectivity index (χ4v) is 2.05. The molecule has 1 heterocycles. The first-order valence-electron chi connectivity index (χ1n) is 6.39. The summed E-state index contributed by atoms with van der Waals surface area (Å²) in [6.45, 7) is 2.47. The molecule has 17 heavy (non-hydrogen) atoms. The molecule has 1 aromatic carbocycles. The van der Waals surface area contributed by atoms with Crippen LogP contribution in [0.2, 0.25) is 0 Å². The zero-order valence-electron chi connectivity index (χ0n) is 10.3. The summed E-state index contributed by atoms with van der Waals surface area (Å²) < 4.78 is 10.5. The maximum Gasteiger partial charge on any atom is 0.231 e. The Labute approximate surface area is 102 Å². The van der Waals surface area contributed by atoms with E-state index in [0.717, 1.165) is 29.9 Å². The fraction of sp³-hybridized carbons (Fsp3) is 0.571. The summed E-state index contributed by atoms with van der Waals surface area (Å²) in [5, 5.41) is 10.1. The van der Waals surface area contributed by atoms with Gasteiger partial charge in [0.15, 0.2) is 11.5 Å². The number of hydrogen-bond acceptors (Lipinski definition) is 3. The lowest BCUT2D eigenvalue weighted by molar-refractivity contribution is 0.162. The van der Waals surface area contributed by atoms with Crippen LogP contribution in [0.15, 0.2) is 18.2 Å². The van der Waals surface area contributed by atoms with Crippen LogP contribution in [0.25, 0.3) is 0 Å². The van der Waals surface area contributed by atoms with E-state index in [4.69, 9.17) is 9.47 Å². The van der Waals surface area contributed by atoms with Gasteiger partial charge in [-0.05, 0) is 24.1 Å². The Morgan fingerprint density at radius 1 is 1.18 bits per heavy atom. The van der Waals surface area contributed by atoms with Crippen molar-refractivity contribution in [2.75, 3.05) is 6.79 Å². The van der Waals surface area contributed by atoms with Crippen molar-refractivity contribution in [1.82, 2.24) is 0 Å². The Balaban J connectivity index is 1.88. The molecule has 0 saturated carbocycles. The summed E-state index contributed by atoms with van der Waals surface area (Å²) in [4.78, 5) is 0. The molecule has 3 nitrogen and oxygen atoms in total. The van der Waals surface area contributed by atoms with Gasteiger partial charge in [-0.25, -0.2) is 0 Å². The first kappa shape index (κ1) is 12.2. The first-order chi connectivity index (χ1) is 8.31. The first-order valence-corrected chi connectivity index (χ1v) is 6.39. The average molecular weight is 236 g/mol. The SMILES string of the molecule is CCCCCCC(O)c1ccc2c(c1)OCO2. The molecular weight excluding hydrogens is 216 g/mol. The molecule has 1 unspecified atom stereocenters. The average Bonchev–Trinajstić information content (AvgIpc) is 2.81. The maximum absolute atomic E-state index is 10.1. The van der Waals surface area contributed by atoms with E-state index >= 15 is 0 Å². The van der Waals surface area contributed by atoms with Gasteiger partial charge in [-0.3, -0.25) is 0 Å². The Hall–Kier alpha value is -1.22. The summed E-state index contributed by atoms with van der Waals surface area (Å²) in [6.07, 6.45) is 5.16. The van der Waals surface area contributed by atoms with Crippen LogP contribution in [0, 0.1) is 0 Å². The predicted octanol–water partition coefficient (Wildman–Crippen LogP) is 3.42. The van der Waals surface area contributed by atoms with Crippen LogP contribution in [0.3, 0.4) is 0 Å². The van der Waals surface area contributed by atoms with Gasteiger partial charge in [0, 0.05) is 0 Å². The third-order valence-electron chi connectivity index (χ3n) is 3.11. The number of aliphatic hydroxyl groups is 1. The van der Waals surface area contributed by atoms with E-state index in [0.29, 0.717) is 0 Å². The van der Waals surface area contributed by atoms with Crippen molar-refractivity contribution < 1.29 is 14.6 Å². The van der Waals surface area contributed by atoms with E-state index < -0.39 is 0 Å². The van der Waals surface area contributed by atoms with Gasteiger partial charge in [0.1, 0.15) is 0 Å². The van der Waals surface area contributed by atoms with Gasteiger partial charge in [0.05, 0.1) is 6.10 Å². The van der Waals surface area contributed by atoms with E-state index in [1.807, 2.05) is 18.2 Å². The highest BCUT2D eigenvalue weighted by Crippen LogP contribution is 2.35. The molecule has 1 aliphatic rings. The van der Waals surface area contributed by atoms with Gasteiger partial charge < -0.3 is 14.6 Å². The zero-order chi connectivity index (χ0) is 12.1. The van der Waals surface area contributed by atoms with E-state index in [1.54, 1.807) is 0 Å². The molecule has 1 atom stereocenters. The molecule has 0 radical (unpaired) electrons. The summed E-state index contributed by atoms with van der Waals surface area (Å²) >= 11 is 0. The van der Waals surface area contributed by atoms with Crippen molar-refractivity contribution in [3.63, 3.8) is 0 Å². The van der Waals surface area contributed by atoms with Crippen molar-refractivity contribution in [3.05, 3.63) is 23.8 Å². The topological polar surface area (TPSA) is 38.7 Å².